The molecule has 4 heteroatoms. The lowest BCUT2D eigenvalue weighted by molar-refractivity contribution is 0.387. The molecule has 88 valence electrons. The van der Waals surface area contributed by atoms with E-state index in [-0.39, 0.29) is 16.3 Å². The number of nitrogens with two attached hydrogens (primary N) is 1. The fourth-order valence-corrected chi connectivity index (χ4v) is 2.71. The number of aryl methyl sites for hydroxylation is 1. The third-order valence-corrected chi connectivity index (χ3v) is 3.65. The molecule has 0 unspecified atom stereocenters. The maximum atomic E-state index is 14.0. The molecule has 0 aromatic heterocycles. The Labute approximate surface area is 99.2 Å². The molecule has 1 aliphatic carbocycles. The third-order valence-electron chi connectivity index (χ3n) is 3.37. The molecular weight excluding hydrogens is 229 g/mol. The largest absolute Gasteiger partial charge is 0.506 e. The summed E-state index contributed by atoms with van der Waals surface area (Å²) in [5.74, 6) is -0.625. The Morgan fingerprint density at radius 1 is 1.44 bits per heavy atom. The van der Waals surface area contributed by atoms with Crippen molar-refractivity contribution < 1.29 is 9.50 Å². The summed E-state index contributed by atoms with van der Waals surface area (Å²) >= 11 is 5.86. The van der Waals surface area contributed by atoms with Crippen LogP contribution < -0.4 is 5.73 Å². The second-order valence-corrected chi connectivity index (χ2v) is 4.98. The summed E-state index contributed by atoms with van der Waals surface area (Å²) in [6.45, 7) is 1.63. The van der Waals surface area contributed by atoms with Gasteiger partial charge in [0.1, 0.15) is 11.6 Å². The first-order valence-electron chi connectivity index (χ1n) is 5.42. The number of rotatable bonds is 1. The van der Waals surface area contributed by atoms with Crippen molar-refractivity contribution in [2.24, 2.45) is 5.73 Å². The van der Waals surface area contributed by atoms with Crippen LogP contribution in [0.2, 0.25) is 5.02 Å². The van der Waals surface area contributed by atoms with Crippen LogP contribution in [0.1, 0.15) is 36.8 Å². The molecule has 0 heterocycles. The fraction of sp³-hybridized carbons (Fsp3) is 0.500. The molecular formula is C12H15ClFNO. The van der Waals surface area contributed by atoms with Crippen molar-refractivity contribution in [3.63, 3.8) is 0 Å². The zero-order chi connectivity index (χ0) is 11.9. The van der Waals surface area contributed by atoms with Gasteiger partial charge >= 0.3 is 0 Å². The van der Waals surface area contributed by atoms with E-state index in [1.807, 2.05) is 0 Å². The third kappa shape index (κ3) is 1.68. The quantitative estimate of drug-likeness (QED) is 0.796. The second kappa shape index (κ2) is 3.90. The van der Waals surface area contributed by atoms with E-state index in [1.165, 1.54) is 6.07 Å². The monoisotopic (exact) mass is 243 g/mol. The maximum absolute atomic E-state index is 14.0. The van der Waals surface area contributed by atoms with Crippen molar-refractivity contribution in [2.45, 2.75) is 38.1 Å². The molecule has 0 saturated heterocycles. The summed E-state index contributed by atoms with van der Waals surface area (Å²) in [5.41, 5.74) is 6.02. The van der Waals surface area contributed by atoms with Gasteiger partial charge in [-0.25, -0.2) is 4.39 Å². The molecule has 2 rings (SSSR count). The van der Waals surface area contributed by atoms with Crippen LogP contribution in [-0.4, -0.2) is 5.11 Å². The van der Waals surface area contributed by atoms with Crippen LogP contribution in [-0.2, 0) is 5.54 Å². The first-order chi connectivity index (χ1) is 7.46. The Morgan fingerprint density at radius 3 is 2.56 bits per heavy atom. The summed E-state index contributed by atoms with van der Waals surface area (Å²) < 4.78 is 14.0. The standard InChI is InChI=1S/C12H15ClFNO/c1-7-6-8(13)11(16)9(10(7)14)12(15)4-2-3-5-12/h6,16H,2-5,15H2,1H3. The van der Waals surface area contributed by atoms with Gasteiger partial charge in [-0.2, -0.15) is 0 Å². The minimum atomic E-state index is -0.760. The van der Waals surface area contributed by atoms with Crippen molar-refractivity contribution in [1.82, 2.24) is 0 Å². The number of hydrogen-bond donors (Lipinski definition) is 2. The molecule has 1 saturated carbocycles. The van der Waals surface area contributed by atoms with E-state index < -0.39 is 11.4 Å². The summed E-state index contributed by atoms with van der Waals surface area (Å²) in [6, 6.07) is 1.42. The van der Waals surface area contributed by atoms with Crippen molar-refractivity contribution in [3.8, 4) is 5.75 Å². The van der Waals surface area contributed by atoms with Gasteiger partial charge in [-0.05, 0) is 31.4 Å². The Bertz CT molecular complexity index is 401. The lowest BCUT2D eigenvalue weighted by atomic mass is 9.87. The highest BCUT2D eigenvalue weighted by molar-refractivity contribution is 6.32. The number of halogens is 2. The maximum Gasteiger partial charge on any atom is 0.142 e. The fourth-order valence-electron chi connectivity index (χ4n) is 2.45. The first kappa shape index (κ1) is 11.7. The molecule has 0 bridgehead atoms. The highest BCUT2D eigenvalue weighted by Gasteiger charge is 2.37. The van der Waals surface area contributed by atoms with Gasteiger partial charge in [0.15, 0.2) is 0 Å². The lowest BCUT2D eigenvalue weighted by Crippen LogP contribution is -2.34. The Kier molecular flexibility index (Phi) is 2.84. The number of phenols is 1. The molecule has 0 aliphatic heterocycles. The first-order valence-corrected chi connectivity index (χ1v) is 5.80. The predicted octanol–water partition coefficient (Wildman–Crippen LogP) is 3.22. The molecule has 3 N–H and O–H groups in total. The SMILES string of the molecule is Cc1cc(Cl)c(O)c(C2(N)CCCC2)c1F. The van der Waals surface area contributed by atoms with Gasteiger partial charge in [-0.1, -0.05) is 24.4 Å². The average Bonchev–Trinajstić information content (AvgIpc) is 2.63. The summed E-state index contributed by atoms with van der Waals surface area (Å²) in [5, 5.41) is 10.0. The molecule has 0 radical (unpaired) electrons. The zero-order valence-corrected chi connectivity index (χ0v) is 9.94. The minimum absolute atomic E-state index is 0.172. The topological polar surface area (TPSA) is 46.2 Å². The highest BCUT2D eigenvalue weighted by Crippen LogP contribution is 2.44. The number of aromatic hydroxyl groups is 1. The van der Waals surface area contributed by atoms with Crippen LogP contribution in [0.3, 0.4) is 0 Å². The van der Waals surface area contributed by atoms with E-state index in [2.05, 4.69) is 0 Å². The van der Waals surface area contributed by atoms with E-state index in [9.17, 15) is 9.50 Å². The van der Waals surface area contributed by atoms with Gasteiger partial charge in [-0.3, -0.25) is 0 Å². The van der Waals surface area contributed by atoms with Crippen LogP contribution in [0.4, 0.5) is 4.39 Å². The molecule has 16 heavy (non-hydrogen) atoms. The van der Waals surface area contributed by atoms with E-state index in [1.54, 1.807) is 6.92 Å². The molecule has 0 spiro atoms. The molecule has 0 atom stereocenters. The second-order valence-electron chi connectivity index (χ2n) is 4.58. The van der Waals surface area contributed by atoms with E-state index in [0.717, 1.165) is 12.8 Å². The van der Waals surface area contributed by atoms with Crippen molar-refractivity contribution in [1.29, 1.82) is 0 Å². The predicted molar refractivity (Wildman–Crippen MR) is 62.1 cm³/mol. The van der Waals surface area contributed by atoms with Crippen LogP contribution in [0, 0.1) is 12.7 Å². The van der Waals surface area contributed by atoms with Crippen LogP contribution in [0.15, 0.2) is 6.07 Å². The number of phenolic OH excluding ortho intramolecular Hbond substituents is 1. The van der Waals surface area contributed by atoms with Gasteiger partial charge in [0.2, 0.25) is 0 Å². The lowest BCUT2D eigenvalue weighted by Gasteiger charge is -2.26. The normalized spacial score (nSPS) is 19.0. The highest BCUT2D eigenvalue weighted by atomic mass is 35.5. The summed E-state index contributed by atoms with van der Waals surface area (Å²) in [4.78, 5) is 0. The number of hydrogen-bond acceptors (Lipinski definition) is 2. The van der Waals surface area contributed by atoms with Crippen molar-refractivity contribution in [2.75, 3.05) is 0 Å². The summed E-state index contributed by atoms with van der Waals surface area (Å²) in [7, 11) is 0. The van der Waals surface area contributed by atoms with Gasteiger partial charge in [0.05, 0.1) is 10.6 Å². The molecule has 1 aromatic rings. The van der Waals surface area contributed by atoms with Crippen LogP contribution in [0.5, 0.6) is 5.75 Å². The summed E-state index contributed by atoms with van der Waals surface area (Å²) in [6.07, 6.45) is 3.30. The van der Waals surface area contributed by atoms with Gasteiger partial charge < -0.3 is 10.8 Å². The molecule has 1 aliphatic rings. The molecule has 1 fully saturated rings. The van der Waals surface area contributed by atoms with E-state index >= 15 is 0 Å². The Morgan fingerprint density at radius 2 is 2.00 bits per heavy atom. The van der Waals surface area contributed by atoms with Gasteiger partial charge in [0, 0.05) is 5.54 Å². The molecule has 2 nitrogen and oxygen atoms in total. The van der Waals surface area contributed by atoms with Crippen molar-refractivity contribution >= 4 is 11.6 Å². The smallest absolute Gasteiger partial charge is 0.142 e. The average molecular weight is 244 g/mol. The molecule has 0 amide bonds. The molecule has 1 aromatic carbocycles. The zero-order valence-electron chi connectivity index (χ0n) is 9.19. The van der Waals surface area contributed by atoms with Crippen molar-refractivity contribution in [3.05, 3.63) is 28.0 Å². The van der Waals surface area contributed by atoms with E-state index in [0.29, 0.717) is 18.4 Å². The van der Waals surface area contributed by atoms with Gasteiger partial charge in [0.25, 0.3) is 0 Å². The van der Waals surface area contributed by atoms with Crippen LogP contribution >= 0.6 is 11.6 Å². The van der Waals surface area contributed by atoms with E-state index in [4.69, 9.17) is 17.3 Å². The Balaban J connectivity index is 2.63. The minimum Gasteiger partial charge on any atom is -0.506 e. The van der Waals surface area contributed by atoms with Gasteiger partial charge in [-0.15, -0.1) is 0 Å². The van der Waals surface area contributed by atoms with Crippen LogP contribution in [0.25, 0.3) is 0 Å². The number of benzene rings is 1. The Hall–Kier alpha value is -0.800.